The van der Waals surface area contributed by atoms with E-state index < -0.39 is 0 Å². The summed E-state index contributed by atoms with van der Waals surface area (Å²) in [6.45, 7) is 2.44. The van der Waals surface area contributed by atoms with Gasteiger partial charge in [0.15, 0.2) is 0 Å². The second-order valence-corrected chi connectivity index (χ2v) is 4.53. The van der Waals surface area contributed by atoms with E-state index in [9.17, 15) is 5.11 Å². The fraction of sp³-hybridized carbons (Fsp3) is 0.429. The van der Waals surface area contributed by atoms with Crippen molar-refractivity contribution in [2.24, 2.45) is 5.41 Å². The number of aliphatic hydroxyl groups excluding tert-OH is 1. The average Bonchev–Trinajstić information content (AvgIpc) is 2.18. The molecule has 2 rings (SSSR count). The van der Waals surface area contributed by atoms with Crippen LogP contribution in [0.5, 0.6) is 0 Å². The van der Waals surface area contributed by atoms with Crippen molar-refractivity contribution >= 4 is 6.08 Å². The lowest BCUT2D eigenvalue weighted by Gasteiger charge is -2.41. The predicted molar refractivity (Wildman–Crippen MR) is 63.5 cm³/mol. The second-order valence-electron chi connectivity index (χ2n) is 4.53. The molecule has 0 saturated heterocycles. The van der Waals surface area contributed by atoms with E-state index in [1.165, 1.54) is 17.6 Å². The molecule has 1 saturated carbocycles. The minimum absolute atomic E-state index is 0.0931. The summed E-state index contributed by atoms with van der Waals surface area (Å²) in [6, 6.07) is 10.3. The molecule has 0 spiro atoms. The van der Waals surface area contributed by atoms with Gasteiger partial charge in [-0.05, 0) is 25.3 Å². The van der Waals surface area contributed by atoms with Crippen LogP contribution in [0.1, 0.15) is 31.7 Å². The summed E-state index contributed by atoms with van der Waals surface area (Å²) in [5.74, 6) is 0. The molecule has 80 valence electrons. The molecule has 0 bridgehead atoms. The molecule has 1 fully saturated rings. The molecule has 1 aliphatic rings. The smallest absolute Gasteiger partial charge is 0.0524 e. The van der Waals surface area contributed by atoms with Crippen molar-refractivity contribution in [3.63, 3.8) is 0 Å². The van der Waals surface area contributed by atoms with E-state index in [0.717, 1.165) is 12.8 Å². The maximum Gasteiger partial charge on any atom is 0.0524 e. The number of aliphatic hydroxyl groups is 1. The first-order valence-electron chi connectivity index (χ1n) is 5.61. The van der Waals surface area contributed by atoms with Gasteiger partial charge in [-0.2, -0.15) is 0 Å². The average molecular weight is 202 g/mol. The monoisotopic (exact) mass is 202 g/mol. The zero-order chi connectivity index (χ0) is 10.7. The van der Waals surface area contributed by atoms with E-state index in [-0.39, 0.29) is 5.41 Å². The van der Waals surface area contributed by atoms with Crippen LogP contribution < -0.4 is 0 Å². The molecule has 1 N–H and O–H groups in total. The topological polar surface area (TPSA) is 20.2 Å². The maximum absolute atomic E-state index is 9.44. The molecule has 0 aromatic heterocycles. The van der Waals surface area contributed by atoms with Gasteiger partial charge in [-0.3, -0.25) is 0 Å². The first-order chi connectivity index (χ1) is 7.27. The van der Waals surface area contributed by atoms with Crippen molar-refractivity contribution in [2.45, 2.75) is 26.2 Å². The largest absolute Gasteiger partial charge is 0.395 e. The second kappa shape index (κ2) is 4.19. The summed E-state index contributed by atoms with van der Waals surface area (Å²) in [7, 11) is 0. The molecule has 0 unspecified atom stereocenters. The molecule has 0 amide bonds. The Labute approximate surface area is 91.4 Å². The van der Waals surface area contributed by atoms with Gasteiger partial charge in [-0.25, -0.2) is 0 Å². The van der Waals surface area contributed by atoms with Gasteiger partial charge in [0.2, 0.25) is 0 Å². The highest BCUT2D eigenvalue weighted by molar-refractivity contribution is 5.54. The highest BCUT2D eigenvalue weighted by Gasteiger charge is 2.37. The van der Waals surface area contributed by atoms with Gasteiger partial charge >= 0.3 is 0 Å². The lowest BCUT2D eigenvalue weighted by Crippen LogP contribution is -2.34. The van der Waals surface area contributed by atoms with Crippen LogP contribution in [-0.4, -0.2) is 11.7 Å². The first kappa shape index (κ1) is 10.4. The minimum Gasteiger partial charge on any atom is -0.395 e. The first-order valence-corrected chi connectivity index (χ1v) is 5.61. The normalized spacial score (nSPS) is 19.7. The van der Waals surface area contributed by atoms with Crippen molar-refractivity contribution in [2.75, 3.05) is 6.61 Å². The highest BCUT2D eigenvalue weighted by atomic mass is 16.3. The summed E-state index contributed by atoms with van der Waals surface area (Å²) in [5.41, 5.74) is 2.65. The van der Waals surface area contributed by atoms with E-state index >= 15 is 0 Å². The number of rotatable bonds is 3. The Balaban J connectivity index is 2.20. The van der Waals surface area contributed by atoms with E-state index in [4.69, 9.17) is 0 Å². The van der Waals surface area contributed by atoms with Gasteiger partial charge in [0.1, 0.15) is 0 Å². The number of benzene rings is 1. The Bertz CT molecular complexity index is 341. The summed E-state index contributed by atoms with van der Waals surface area (Å²) in [5, 5.41) is 9.44. The summed E-state index contributed by atoms with van der Waals surface area (Å²) < 4.78 is 0. The highest BCUT2D eigenvalue weighted by Crippen LogP contribution is 2.46. The third kappa shape index (κ3) is 1.98. The van der Waals surface area contributed by atoms with Gasteiger partial charge in [0.25, 0.3) is 0 Å². The van der Waals surface area contributed by atoms with Gasteiger partial charge in [0.05, 0.1) is 6.61 Å². The molecule has 1 heteroatoms. The Morgan fingerprint density at radius 3 is 2.47 bits per heavy atom. The third-order valence-electron chi connectivity index (χ3n) is 3.63. The summed E-state index contributed by atoms with van der Waals surface area (Å²) >= 11 is 0. The van der Waals surface area contributed by atoms with Crippen molar-refractivity contribution in [1.82, 2.24) is 0 Å². The molecule has 1 aromatic rings. The Morgan fingerprint density at radius 1 is 1.33 bits per heavy atom. The Hall–Kier alpha value is -1.08. The van der Waals surface area contributed by atoms with Crippen LogP contribution in [-0.2, 0) is 0 Å². The fourth-order valence-corrected chi connectivity index (χ4v) is 2.23. The molecule has 1 aromatic carbocycles. The summed E-state index contributed by atoms with van der Waals surface area (Å²) in [6.07, 6.45) is 5.73. The fourth-order valence-electron chi connectivity index (χ4n) is 2.23. The summed E-state index contributed by atoms with van der Waals surface area (Å²) in [4.78, 5) is 0. The van der Waals surface area contributed by atoms with Gasteiger partial charge in [-0.1, -0.05) is 48.4 Å². The molecular formula is C14H18O. The van der Waals surface area contributed by atoms with Crippen LogP contribution in [0, 0.1) is 5.41 Å². The molecule has 0 heterocycles. The van der Waals surface area contributed by atoms with Crippen LogP contribution in [0.25, 0.3) is 6.08 Å². The molecule has 0 aliphatic heterocycles. The predicted octanol–water partition coefficient (Wildman–Crippen LogP) is 3.25. The quantitative estimate of drug-likeness (QED) is 0.797. The van der Waals surface area contributed by atoms with Crippen LogP contribution in [0.15, 0.2) is 35.9 Å². The standard InChI is InChI=1S/C14H18O/c1-12(14(11-15)8-5-9-14)10-13-6-3-2-4-7-13/h2-4,6-7,10,15H,5,8-9,11H2,1H3/b12-10-. The molecule has 1 nitrogen and oxygen atoms in total. The molecule has 0 radical (unpaired) electrons. The minimum atomic E-state index is 0.0931. The SMILES string of the molecule is C/C(=C/c1ccccc1)C1(CO)CCC1. The van der Waals surface area contributed by atoms with E-state index in [2.05, 4.69) is 25.1 Å². The zero-order valence-electron chi connectivity index (χ0n) is 9.24. The zero-order valence-corrected chi connectivity index (χ0v) is 9.24. The number of hydrogen-bond donors (Lipinski definition) is 1. The van der Waals surface area contributed by atoms with E-state index in [1.807, 2.05) is 18.2 Å². The maximum atomic E-state index is 9.44. The van der Waals surface area contributed by atoms with Crippen LogP contribution in [0.3, 0.4) is 0 Å². The van der Waals surface area contributed by atoms with Crippen LogP contribution >= 0.6 is 0 Å². The van der Waals surface area contributed by atoms with Gasteiger partial charge in [-0.15, -0.1) is 0 Å². The van der Waals surface area contributed by atoms with Gasteiger partial charge < -0.3 is 5.11 Å². The lowest BCUT2D eigenvalue weighted by molar-refractivity contribution is 0.0817. The van der Waals surface area contributed by atoms with E-state index in [0.29, 0.717) is 6.61 Å². The molecule has 1 aliphatic carbocycles. The van der Waals surface area contributed by atoms with Crippen LogP contribution in [0.2, 0.25) is 0 Å². The van der Waals surface area contributed by atoms with Crippen molar-refractivity contribution < 1.29 is 5.11 Å². The lowest BCUT2D eigenvalue weighted by atomic mass is 9.65. The van der Waals surface area contributed by atoms with Crippen molar-refractivity contribution in [1.29, 1.82) is 0 Å². The van der Waals surface area contributed by atoms with Crippen LogP contribution in [0.4, 0.5) is 0 Å². The Morgan fingerprint density at radius 2 is 2.00 bits per heavy atom. The van der Waals surface area contributed by atoms with Crippen molar-refractivity contribution in [3.05, 3.63) is 41.5 Å². The van der Waals surface area contributed by atoms with E-state index in [1.54, 1.807) is 0 Å². The van der Waals surface area contributed by atoms with Gasteiger partial charge in [0, 0.05) is 5.41 Å². The van der Waals surface area contributed by atoms with Crippen molar-refractivity contribution in [3.8, 4) is 0 Å². The third-order valence-corrected chi connectivity index (χ3v) is 3.63. The molecular weight excluding hydrogens is 184 g/mol. The number of hydrogen-bond acceptors (Lipinski definition) is 1. The molecule has 15 heavy (non-hydrogen) atoms. The Kier molecular flexibility index (Phi) is 2.92. The molecule has 0 atom stereocenters.